The van der Waals surface area contributed by atoms with Crippen LogP contribution in [0, 0.1) is 5.92 Å². The summed E-state index contributed by atoms with van der Waals surface area (Å²) in [6.07, 6.45) is 3.51. The number of ether oxygens (including phenoxy) is 1. The van der Waals surface area contributed by atoms with E-state index in [4.69, 9.17) is 4.74 Å². The van der Waals surface area contributed by atoms with Gasteiger partial charge in [0.25, 0.3) is 0 Å². The average molecular weight is 496 g/mol. The zero-order valence-electron chi connectivity index (χ0n) is 20.3. The molecule has 2 heterocycles. The molecule has 0 radical (unpaired) electrons. The number of hydrogen-bond donors (Lipinski definition) is 0. The second kappa shape index (κ2) is 11.2. The summed E-state index contributed by atoms with van der Waals surface area (Å²) in [4.78, 5) is 19.2. The van der Waals surface area contributed by atoms with Gasteiger partial charge >= 0.3 is 0 Å². The molecule has 1 aliphatic heterocycles. The Kier molecular flexibility index (Phi) is 8.03. The van der Waals surface area contributed by atoms with Crippen LogP contribution in [0.4, 0.5) is 0 Å². The Morgan fingerprint density at radius 2 is 1.74 bits per heavy atom. The molecule has 2 aromatic carbocycles. The zero-order chi connectivity index (χ0) is 24.8. The summed E-state index contributed by atoms with van der Waals surface area (Å²) in [5, 5.41) is 0.0225. The first-order valence-corrected chi connectivity index (χ1v) is 13.7. The third kappa shape index (κ3) is 6.38. The van der Waals surface area contributed by atoms with Crippen molar-refractivity contribution in [2.24, 2.45) is 5.92 Å². The van der Waals surface area contributed by atoms with Crippen LogP contribution >= 0.6 is 0 Å². The summed E-state index contributed by atoms with van der Waals surface area (Å²) >= 11 is 0. The number of sulfone groups is 1. The molecule has 8 heteroatoms. The lowest BCUT2D eigenvalue weighted by atomic mass is 10.1. The summed E-state index contributed by atoms with van der Waals surface area (Å²) < 4.78 is 34.4. The molecule has 1 aromatic heterocycles. The molecule has 7 nitrogen and oxygen atoms in total. The highest BCUT2D eigenvalue weighted by molar-refractivity contribution is 7.90. The van der Waals surface area contributed by atoms with Gasteiger partial charge < -0.3 is 14.2 Å². The van der Waals surface area contributed by atoms with E-state index in [0.717, 1.165) is 18.4 Å². The molecule has 3 aromatic rings. The van der Waals surface area contributed by atoms with Crippen LogP contribution in [-0.4, -0.2) is 48.0 Å². The molecule has 0 saturated carbocycles. The number of carbonyl (C=O) groups is 1. The molecule has 1 amide bonds. The van der Waals surface area contributed by atoms with Gasteiger partial charge in [-0.2, -0.15) is 0 Å². The van der Waals surface area contributed by atoms with Gasteiger partial charge in [0.2, 0.25) is 20.9 Å². The molecule has 1 fully saturated rings. The molecule has 1 atom stereocenters. The van der Waals surface area contributed by atoms with Gasteiger partial charge in [-0.1, -0.05) is 74.5 Å². The van der Waals surface area contributed by atoms with E-state index in [2.05, 4.69) is 4.98 Å². The van der Waals surface area contributed by atoms with Crippen molar-refractivity contribution in [3.8, 4) is 0 Å². The molecule has 0 spiro atoms. The molecule has 0 N–H and O–H groups in total. The molecular weight excluding hydrogens is 462 g/mol. The van der Waals surface area contributed by atoms with Crippen LogP contribution in [-0.2, 0) is 38.2 Å². The van der Waals surface area contributed by atoms with Crippen molar-refractivity contribution in [3.63, 3.8) is 0 Å². The van der Waals surface area contributed by atoms with Crippen LogP contribution in [0.15, 0.2) is 72.0 Å². The van der Waals surface area contributed by atoms with Gasteiger partial charge in [-0.25, -0.2) is 13.4 Å². The van der Waals surface area contributed by atoms with E-state index in [-0.39, 0.29) is 35.4 Å². The van der Waals surface area contributed by atoms with Crippen LogP contribution in [0.1, 0.15) is 43.5 Å². The van der Waals surface area contributed by atoms with Crippen LogP contribution in [0.2, 0.25) is 0 Å². The fourth-order valence-electron chi connectivity index (χ4n) is 4.39. The maximum atomic E-state index is 13.4. The number of imidazole rings is 1. The lowest BCUT2D eigenvalue weighted by Gasteiger charge is -2.27. The fourth-order valence-corrected chi connectivity index (χ4v) is 5.88. The van der Waals surface area contributed by atoms with E-state index in [0.29, 0.717) is 31.0 Å². The number of hydrogen-bond acceptors (Lipinski definition) is 5. The van der Waals surface area contributed by atoms with E-state index in [1.54, 1.807) is 27.8 Å². The van der Waals surface area contributed by atoms with Crippen molar-refractivity contribution in [1.29, 1.82) is 0 Å². The van der Waals surface area contributed by atoms with Gasteiger partial charge in [0.15, 0.2) is 0 Å². The van der Waals surface area contributed by atoms with Crippen LogP contribution in [0.3, 0.4) is 0 Å². The molecule has 4 rings (SSSR count). The number of nitrogens with zero attached hydrogens (tertiary/aromatic N) is 3. The quantitative estimate of drug-likeness (QED) is 0.424. The van der Waals surface area contributed by atoms with E-state index >= 15 is 0 Å². The Morgan fingerprint density at radius 1 is 1.09 bits per heavy atom. The van der Waals surface area contributed by atoms with Gasteiger partial charge in [0.1, 0.15) is 0 Å². The van der Waals surface area contributed by atoms with Crippen molar-refractivity contribution in [2.75, 3.05) is 13.2 Å². The van der Waals surface area contributed by atoms with Crippen molar-refractivity contribution in [3.05, 3.63) is 83.7 Å². The van der Waals surface area contributed by atoms with Crippen molar-refractivity contribution < 1.29 is 17.9 Å². The van der Waals surface area contributed by atoms with Crippen LogP contribution < -0.4 is 0 Å². The molecule has 1 aliphatic rings. The Labute approximate surface area is 207 Å². The smallest absolute Gasteiger partial charge is 0.228 e. The van der Waals surface area contributed by atoms with E-state index in [1.807, 2.05) is 62.4 Å². The SMILES string of the molecule is CC(C)C(=O)N(Cc1cnc(S(=O)(=O)Cc2ccccc2)n1Cc1ccccc1)C[C@@H]1CCCO1. The highest BCUT2D eigenvalue weighted by Gasteiger charge is 2.28. The number of rotatable bonds is 10. The fraction of sp³-hybridized carbons (Fsp3) is 0.407. The summed E-state index contributed by atoms with van der Waals surface area (Å²) in [6, 6.07) is 18.8. The highest BCUT2D eigenvalue weighted by Crippen LogP contribution is 2.22. The second-order valence-electron chi connectivity index (χ2n) is 9.36. The third-order valence-electron chi connectivity index (χ3n) is 6.17. The predicted molar refractivity (Wildman–Crippen MR) is 134 cm³/mol. The molecule has 1 saturated heterocycles. The minimum Gasteiger partial charge on any atom is -0.376 e. The Bertz CT molecular complexity index is 1220. The topological polar surface area (TPSA) is 81.5 Å². The summed E-state index contributed by atoms with van der Waals surface area (Å²) in [6.45, 7) is 5.58. The third-order valence-corrected chi connectivity index (χ3v) is 7.76. The van der Waals surface area contributed by atoms with E-state index < -0.39 is 9.84 Å². The first-order valence-electron chi connectivity index (χ1n) is 12.1. The van der Waals surface area contributed by atoms with Crippen LogP contribution in [0.25, 0.3) is 0 Å². The van der Waals surface area contributed by atoms with Gasteiger partial charge in [-0.05, 0) is 24.0 Å². The minimum absolute atomic E-state index is 0.00415. The molecule has 0 unspecified atom stereocenters. The molecular formula is C27H33N3O4S. The lowest BCUT2D eigenvalue weighted by molar-refractivity contribution is -0.136. The molecule has 35 heavy (non-hydrogen) atoms. The lowest BCUT2D eigenvalue weighted by Crippen LogP contribution is -2.39. The van der Waals surface area contributed by atoms with Crippen LogP contribution in [0.5, 0.6) is 0 Å². The van der Waals surface area contributed by atoms with E-state index in [1.165, 1.54) is 0 Å². The average Bonchev–Trinajstić information content (AvgIpc) is 3.50. The highest BCUT2D eigenvalue weighted by atomic mass is 32.2. The monoisotopic (exact) mass is 495 g/mol. The summed E-state index contributed by atoms with van der Waals surface area (Å²) in [7, 11) is -3.71. The Morgan fingerprint density at radius 3 is 2.34 bits per heavy atom. The van der Waals surface area contributed by atoms with Gasteiger partial charge in [-0.3, -0.25) is 4.79 Å². The van der Waals surface area contributed by atoms with Gasteiger partial charge in [0, 0.05) is 19.1 Å². The number of carbonyl (C=O) groups excluding carboxylic acids is 1. The van der Waals surface area contributed by atoms with Crippen molar-refractivity contribution >= 4 is 15.7 Å². The number of aromatic nitrogens is 2. The summed E-state index contributed by atoms with van der Waals surface area (Å²) in [5.74, 6) is -0.297. The number of amides is 1. The van der Waals surface area contributed by atoms with Gasteiger partial charge in [-0.15, -0.1) is 0 Å². The first-order chi connectivity index (χ1) is 16.8. The number of benzene rings is 2. The minimum atomic E-state index is -3.71. The predicted octanol–water partition coefficient (Wildman–Crippen LogP) is 4.07. The summed E-state index contributed by atoms with van der Waals surface area (Å²) in [5.41, 5.74) is 2.36. The maximum Gasteiger partial charge on any atom is 0.228 e. The zero-order valence-corrected chi connectivity index (χ0v) is 21.2. The van der Waals surface area contributed by atoms with Gasteiger partial charge in [0.05, 0.1) is 36.8 Å². The maximum absolute atomic E-state index is 13.4. The van der Waals surface area contributed by atoms with Crippen molar-refractivity contribution in [2.45, 2.75) is 56.8 Å². The molecule has 0 aliphatic carbocycles. The van der Waals surface area contributed by atoms with Crippen molar-refractivity contribution in [1.82, 2.24) is 14.5 Å². The Balaban J connectivity index is 1.68. The Hall–Kier alpha value is -2.97. The largest absolute Gasteiger partial charge is 0.376 e. The standard InChI is InChI=1S/C27H33N3O4S/c1-21(2)26(31)29(19-25-14-9-15-34-25)18-24-16-28-27(30(24)17-22-10-5-3-6-11-22)35(32,33)20-23-12-7-4-8-13-23/h3-8,10-13,16,21,25H,9,14-15,17-20H2,1-2H3/t25-/m0/s1. The second-order valence-corrected chi connectivity index (χ2v) is 11.2. The first kappa shape index (κ1) is 25.1. The van der Waals surface area contributed by atoms with E-state index in [9.17, 15) is 13.2 Å². The normalized spacial score (nSPS) is 16.0. The molecule has 186 valence electrons. The molecule has 0 bridgehead atoms.